The van der Waals surface area contributed by atoms with Gasteiger partial charge in [0.2, 0.25) is 0 Å². The van der Waals surface area contributed by atoms with E-state index in [9.17, 15) is 4.79 Å². The zero-order valence-corrected chi connectivity index (χ0v) is 11.8. The number of nitrogens with zero attached hydrogens (tertiary/aromatic N) is 2. The fourth-order valence-corrected chi connectivity index (χ4v) is 1.84. The minimum Gasteiger partial charge on any atom is -0.464 e. The minimum atomic E-state index is -0.486. The molecule has 20 heavy (non-hydrogen) atoms. The third-order valence-electron chi connectivity index (χ3n) is 2.94. The average molecular weight is 282 g/mol. The van der Waals surface area contributed by atoms with Crippen molar-refractivity contribution in [2.45, 2.75) is 38.5 Å². The van der Waals surface area contributed by atoms with E-state index >= 15 is 0 Å². The summed E-state index contributed by atoms with van der Waals surface area (Å²) < 4.78 is 4.73. The van der Waals surface area contributed by atoms with Gasteiger partial charge in [0.1, 0.15) is 0 Å². The Hall–Kier alpha value is -1.53. The maximum Gasteiger partial charge on any atom is 0.358 e. The van der Waals surface area contributed by atoms with Crippen LogP contribution in [0, 0.1) is 0 Å². The Balaban J connectivity index is 2.80. The maximum absolute atomic E-state index is 11.7. The molecule has 112 valence electrons. The average Bonchev–Trinajstić information content (AvgIpc) is 2.48. The van der Waals surface area contributed by atoms with Crippen LogP contribution in [0.5, 0.6) is 0 Å². The Bertz CT molecular complexity index is 424. The normalized spacial score (nSPS) is 10.6. The number of aromatic nitrogens is 2. The van der Waals surface area contributed by atoms with Gasteiger partial charge in [-0.05, 0) is 38.5 Å². The Morgan fingerprint density at radius 2 is 1.80 bits per heavy atom. The smallest absolute Gasteiger partial charge is 0.358 e. The van der Waals surface area contributed by atoms with Gasteiger partial charge in [0.05, 0.1) is 18.5 Å². The molecule has 0 saturated heterocycles. The second kappa shape index (κ2) is 9.39. The van der Waals surface area contributed by atoms with Crippen molar-refractivity contribution in [1.82, 2.24) is 9.97 Å². The fourth-order valence-electron chi connectivity index (χ4n) is 1.84. The summed E-state index contributed by atoms with van der Waals surface area (Å²) in [5.74, 6) is -0.486. The van der Waals surface area contributed by atoms with E-state index in [4.69, 9.17) is 14.9 Å². The van der Waals surface area contributed by atoms with Crippen LogP contribution >= 0.6 is 0 Å². The number of esters is 1. The third-order valence-corrected chi connectivity index (χ3v) is 2.94. The van der Waals surface area contributed by atoms with E-state index in [2.05, 4.69) is 9.97 Å². The van der Waals surface area contributed by atoms with Crippen molar-refractivity contribution < 1.29 is 19.7 Å². The van der Waals surface area contributed by atoms with Crippen molar-refractivity contribution in [3.05, 3.63) is 23.3 Å². The summed E-state index contributed by atoms with van der Waals surface area (Å²) in [5, 5.41) is 17.5. The van der Waals surface area contributed by atoms with Crippen molar-refractivity contribution in [2.75, 3.05) is 20.3 Å². The topological polar surface area (TPSA) is 92.5 Å². The second-order valence-corrected chi connectivity index (χ2v) is 4.51. The predicted octanol–water partition coefficient (Wildman–Crippen LogP) is 0.893. The molecule has 0 atom stereocenters. The zero-order chi connectivity index (χ0) is 14.8. The molecule has 0 saturated carbocycles. The minimum absolute atomic E-state index is 0.125. The van der Waals surface area contributed by atoms with Gasteiger partial charge in [0, 0.05) is 19.4 Å². The van der Waals surface area contributed by atoms with Crippen LogP contribution in [0.4, 0.5) is 0 Å². The Morgan fingerprint density at radius 1 is 1.15 bits per heavy atom. The lowest BCUT2D eigenvalue weighted by molar-refractivity contribution is 0.0591. The lowest BCUT2D eigenvalue weighted by Crippen LogP contribution is -2.13. The van der Waals surface area contributed by atoms with E-state index in [1.54, 1.807) is 6.20 Å². The second-order valence-electron chi connectivity index (χ2n) is 4.51. The first-order valence-corrected chi connectivity index (χ1v) is 6.87. The molecule has 0 aliphatic heterocycles. The number of aryl methyl sites for hydroxylation is 2. The fraction of sp³-hybridized carbons (Fsp3) is 0.643. The Morgan fingerprint density at radius 3 is 2.40 bits per heavy atom. The molecule has 2 N–H and O–H groups in total. The number of aliphatic hydroxyl groups excluding tert-OH is 2. The number of carbonyl (C=O) groups excluding carboxylic acids is 1. The van der Waals surface area contributed by atoms with Crippen molar-refractivity contribution in [3.8, 4) is 0 Å². The van der Waals surface area contributed by atoms with E-state index in [1.807, 2.05) is 0 Å². The summed E-state index contributed by atoms with van der Waals surface area (Å²) in [5.41, 5.74) is 1.59. The largest absolute Gasteiger partial charge is 0.464 e. The predicted molar refractivity (Wildman–Crippen MR) is 73.4 cm³/mol. The van der Waals surface area contributed by atoms with Gasteiger partial charge in [0.15, 0.2) is 5.69 Å². The van der Waals surface area contributed by atoms with Gasteiger partial charge in [0.25, 0.3) is 0 Å². The lowest BCUT2D eigenvalue weighted by Gasteiger charge is -2.08. The summed E-state index contributed by atoms with van der Waals surface area (Å²) >= 11 is 0. The molecule has 1 rings (SSSR count). The zero-order valence-electron chi connectivity index (χ0n) is 11.8. The number of hydrogen-bond acceptors (Lipinski definition) is 6. The van der Waals surface area contributed by atoms with Crippen LogP contribution in [0.3, 0.4) is 0 Å². The highest BCUT2D eigenvalue weighted by Crippen LogP contribution is 2.11. The molecular weight excluding hydrogens is 260 g/mol. The van der Waals surface area contributed by atoms with Crippen LogP contribution in [0.25, 0.3) is 0 Å². The standard InChI is InChI=1S/C14H22N2O4/c1-20-14(19)13-12(7-3-5-9-18)15-10-11(16-13)6-2-4-8-17/h10,17-18H,2-9H2,1H3. The Labute approximate surface area is 118 Å². The molecule has 0 radical (unpaired) electrons. The van der Waals surface area contributed by atoms with Crippen LogP contribution in [-0.4, -0.2) is 46.5 Å². The van der Waals surface area contributed by atoms with Crippen molar-refractivity contribution in [1.29, 1.82) is 0 Å². The summed E-state index contributed by atoms with van der Waals surface area (Å²) in [7, 11) is 1.32. The van der Waals surface area contributed by atoms with Crippen LogP contribution in [0.15, 0.2) is 6.20 Å². The molecule has 6 heteroatoms. The van der Waals surface area contributed by atoms with Gasteiger partial charge >= 0.3 is 5.97 Å². The molecule has 6 nitrogen and oxygen atoms in total. The SMILES string of the molecule is COC(=O)c1nc(CCCCO)cnc1CCCCO. The number of methoxy groups -OCH3 is 1. The highest BCUT2D eigenvalue weighted by Gasteiger charge is 2.15. The molecule has 0 unspecified atom stereocenters. The highest BCUT2D eigenvalue weighted by atomic mass is 16.5. The first-order valence-electron chi connectivity index (χ1n) is 6.87. The van der Waals surface area contributed by atoms with Gasteiger partial charge in [-0.25, -0.2) is 9.78 Å². The third kappa shape index (κ3) is 5.22. The van der Waals surface area contributed by atoms with Gasteiger partial charge < -0.3 is 14.9 Å². The number of ether oxygens (including phenoxy) is 1. The van der Waals surface area contributed by atoms with Crippen LogP contribution < -0.4 is 0 Å². The molecule has 0 amide bonds. The molecule has 0 fully saturated rings. The number of unbranched alkanes of at least 4 members (excludes halogenated alkanes) is 2. The number of hydrogen-bond donors (Lipinski definition) is 2. The number of aliphatic hydroxyl groups is 2. The van der Waals surface area contributed by atoms with Gasteiger partial charge in [-0.1, -0.05) is 0 Å². The number of rotatable bonds is 9. The monoisotopic (exact) mass is 282 g/mol. The van der Waals surface area contributed by atoms with Crippen LogP contribution in [0.2, 0.25) is 0 Å². The van der Waals surface area contributed by atoms with Crippen molar-refractivity contribution >= 4 is 5.97 Å². The molecule has 1 aromatic rings. The molecule has 0 aliphatic rings. The summed E-state index contributed by atoms with van der Waals surface area (Å²) in [6, 6.07) is 0. The lowest BCUT2D eigenvalue weighted by atomic mass is 10.1. The van der Waals surface area contributed by atoms with Gasteiger partial charge in [-0.15, -0.1) is 0 Å². The summed E-state index contributed by atoms with van der Waals surface area (Å²) in [4.78, 5) is 20.3. The molecular formula is C14H22N2O4. The molecule has 1 heterocycles. The molecule has 0 bridgehead atoms. The number of carbonyl (C=O) groups is 1. The van der Waals surface area contributed by atoms with E-state index in [0.29, 0.717) is 31.4 Å². The van der Waals surface area contributed by atoms with E-state index in [-0.39, 0.29) is 18.9 Å². The molecule has 0 spiro atoms. The first-order chi connectivity index (χ1) is 9.72. The van der Waals surface area contributed by atoms with Crippen molar-refractivity contribution in [3.63, 3.8) is 0 Å². The molecule has 0 aliphatic carbocycles. The van der Waals surface area contributed by atoms with E-state index < -0.39 is 5.97 Å². The quantitative estimate of drug-likeness (QED) is 0.516. The summed E-state index contributed by atoms with van der Waals surface area (Å²) in [6.45, 7) is 0.275. The van der Waals surface area contributed by atoms with Crippen molar-refractivity contribution in [2.24, 2.45) is 0 Å². The molecule has 0 aromatic carbocycles. The first kappa shape index (κ1) is 16.5. The van der Waals surface area contributed by atoms with Gasteiger partial charge in [-0.3, -0.25) is 4.98 Å². The van der Waals surface area contributed by atoms with E-state index in [0.717, 1.165) is 18.5 Å². The highest BCUT2D eigenvalue weighted by molar-refractivity contribution is 5.88. The maximum atomic E-state index is 11.7. The van der Waals surface area contributed by atoms with Gasteiger partial charge in [-0.2, -0.15) is 0 Å². The Kier molecular flexibility index (Phi) is 7.75. The van der Waals surface area contributed by atoms with Crippen LogP contribution in [-0.2, 0) is 17.6 Å². The van der Waals surface area contributed by atoms with E-state index in [1.165, 1.54) is 7.11 Å². The molecule has 1 aromatic heterocycles. The van der Waals surface area contributed by atoms with Crippen LogP contribution in [0.1, 0.15) is 47.6 Å². The summed E-state index contributed by atoms with van der Waals surface area (Å²) in [6.07, 6.45) is 5.85.